The van der Waals surface area contributed by atoms with Crippen molar-refractivity contribution in [3.63, 3.8) is 0 Å². The molecule has 1 saturated carbocycles. The van der Waals surface area contributed by atoms with Crippen LogP contribution in [-0.2, 0) is 6.54 Å². The predicted octanol–water partition coefficient (Wildman–Crippen LogP) is 3.42. The molecule has 0 saturated heterocycles. The van der Waals surface area contributed by atoms with Gasteiger partial charge in [0.05, 0.1) is 0 Å². The molecule has 1 aliphatic rings. The first-order valence-corrected chi connectivity index (χ1v) is 7.27. The number of hydrogen-bond donors (Lipinski definition) is 1. The number of hydrogen-bond acceptors (Lipinski definition) is 2. The van der Waals surface area contributed by atoms with E-state index >= 15 is 0 Å². The molecule has 0 amide bonds. The monoisotopic (exact) mass is 246 g/mol. The van der Waals surface area contributed by atoms with Gasteiger partial charge in [-0.2, -0.15) is 0 Å². The molecular formula is C16H26N2. The molecule has 0 heterocycles. The van der Waals surface area contributed by atoms with Gasteiger partial charge in [0.1, 0.15) is 0 Å². The molecular weight excluding hydrogens is 220 g/mol. The van der Waals surface area contributed by atoms with E-state index in [9.17, 15) is 0 Å². The fourth-order valence-corrected chi connectivity index (χ4v) is 2.35. The van der Waals surface area contributed by atoms with Gasteiger partial charge in [0.2, 0.25) is 0 Å². The van der Waals surface area contributed by atoms with Crippen LogP contribution in [0.3, 0.4) is 0 Å². The van der Waals surface area contributed by atoms with Gasteiger partial charge in [-0.05, 0) is 49.9 Å². The van der Waals surface area contributed by atoms with Crippen molar-refractivity contribution < 1.29 is 0 Å². The van der Waals surface area contributed by atoms with E-state index in [0.29, 0.717) is 0 Å². The highest BCUT2D eigenvalue weighted by atomic mass is 15.2. The van der Waals surface area contributed by atoms with E-state index in [1.165, 1.54) is 24.1 Å². The summed E-state index contributed by atoms with van der Waals surface area (Å²) < 4.78 is 0. The van der Waals surface area contributed by atoms with Crippen molar-refractivity contribution in [3.05, 3.63) is 29.8 Å². The van der Waals surface area contributed by atoms with Gasteiger partial charge in [-0.1, -0.05) is 26.0 Å². The van der Waals surface area contributed by atoms with E-state index in [4.69, 9.17) is 0 Å². The summed E-state index contributed by atoms with van der Waals surface area (Å²) in [7, 11) is 0. The minimum atomic E-state index is 0.717. The summed E-state index contributed by atoms with van der Waals surface area (Å²) in [4.78, 5) is 2.52. The average Bonchev–Trinajstić information content (AvgIpc) is 3.16. The highest BCUT2D eigenvalue weighted by Gasteiger charge is 2.27. The van der Waals surface area contributed by atoms with Crippen LogP contribution in [0, 0.1) is 5.92 Å². The molecule has 0 unspecified atom stereocenters. The Morgan fingerprint density at radius 2 is 1.89 bits per heavy atom. The summed E-state index contributed by atoms with van der Waals surface area (Å²) >= 11 is 0. The number of anilines is 1. The van der Waals surface area contributed by atoms with Crippen LogP contribution in [0.5, 0.6) is 0 Å². The van der Waals surface area contributed by atoms with Gasteiger partial charge in [-0.3, -0.25) is 0 Å². The van der Waals surface area contributed by atoms with Gasteiger partial charge in [-0.15, -0.1) is 0 Å². The van der Waals surface area contributed by atoms with Gasteiger partial charge in [0.25, 0.3) is 0 Å². The van der Waals surface area contributed by atoms with E-state index in [1.54, 1.807) is 0 Å². The first-order chi connectivity index (χ1) is 8.70. The van der Waals surface area contributed by atoms with E-state index < -0.39 is 0 Å². The Bertz CT molecular complexity index is 352. The fourth-order valence-electron chi connectivity index (χ4n) is 2.35. The fraction of sp³-hybridized carbons (Fsp3) is 0.625. The number of nitrogens with zero attached hydrogens (tertiary/aromatic N) is 1. The zero-order chi connectivity index (χ0) is 13.0. The minimum Gasteiger partial charge on any atom is -0.369 e. The Morgan fingerprint density at radius 1 is 1.22 bits per heavy atom. The minimum absolute atomic E-state index is 0.717. The molecule has 1 N–H and O–H groups in total. The second kappa shape index (κ2) is 6.24. The molecule has 0 aromatic heterocycles. The molecule has 0 atom stereocenters. The molecule has 2 heteroatoms. The summed E-state index contributed by atoms with van der Waals surface area (Å²) in [5, 5.41) is 3.49. The zero-order valence-electron chi connectivity index (χ0n) is 11.9. The molecule has 2 rings (SSSR count). The lowest BCUT2D eigenvalue weighted by Gasteiger charge is -2.23. The maximum Gasteiger partial charge on any atom is 0.0368 e. The van der Waals surface area contributed by atoms with Gasteiger partial charge < -0.3 is 10.2 Å². The molecule has 0 spiro atoms. The van der Waals surface area contributed by atoms with E-state index in [0.717, 1.165) is 31.6 Å². The average molecular weight is 246 g/mol. The predicted molar refractivity (Wildman–Crippen MR) is 79.0 cm³/mol. The lowest BCUT2D eigenvalue weighted by atomic mass is 10.1. The molecule has 1 aliphatic carbocycles. The van der Waals surface area contributed by atoms with Gasteiger partial charge in [0.15, 0.2) is 0 Å². The summed E-state index contributed by atoms with van der Waals surface area (Å²) in [5.74, 6) is 0.717. The van der Waals surface area contributed by atoms with Crippen molar-refractivity contribution in [2.45, 2.75) is 46.2 Å². The molecule has 0 radical (unpaired) electrons. The third-order valence-electron chi connectivity index (χ3n) is 3.48. The maximum atomic E-state index is 3.49. The lowest BCUT2D eigenvalue weighted by molar-refractivity contribution is 0.552. The summed E-state index contributed by atoms with van der Waals surface area (Å²) in [6, 6.07) is 9.86. The third-order valence-corrected chi connectivity index (χ3v) is 3.48. The van der Waals surface area contributed by atoms with Gasteiger partial charge in [-0.25, -0.2) is 0 Å². The summed E-state index contributed by atoms with van der Waals surface area (Å²) in [5.41, 5.74) is 2.76. The maximum absolute atomic E-state index is 3.49. The first kappa shape index (κ1) is 13.4. The smallest absolute Gasteiger partial charge is 0.0368 e. The van der Waals surface area contributed by atoms with Crippen molar-refractivity contribution in [3.8, 4) is 0 Å². The van der Waals surface area contributed by atoms with Crippen LogP contribution in [-0.4, -0.2) is 19.1 Å². The number of nitrogens with one attached hydrogen (secondary N) is 1. The Balaban J connectivity index is 1.88. The topological polar surface area (TPSA) is 15.3 Å². The van der Waals surface area contributed by atoms with Crippen LogP contribution in [0.2, 0.25) is 0 Å². The highest BCUT2D eigenvalue weighted by Crippen LogP contribution is 2.31. The highest BCUT2D eigenvalue weighted by molar-refractivity contribution is 5.49. The van der Waals surface area contributed by atoms with Crippen molar-refractivity contribution in [2.24, 2.45) is 5.92 Å². The Hall–Kier alpha value is -1.02. The standard InChI is InChI=1S/C16H26N2/c1-4-18(16-9-10-16)15-7-5-14(6-8-15)12-17-11-13(2)3/h5-8,13,16-17H,4,9-12H2,1-3H3. The molecule has 1 aromatic carbocycles. The van der Waals surface area contributed by atoms with Crippen LogP contribution in [0.4, 0.5) is 5.69 Å². The summed E-state index contributed by atoms with van der Waals surface area (Å²) in [6.45, 7) is 9.92. The second-order valence-corrected chi connectivity index (χ2v) is 5.71. The zero-order valence-corrected chi connectivity index (χ0v) is 11.9. The van der Waals surface area contributed by atoms with Gasteiger partial charge >= 0.3 is 0 Å². The van der Waals surface area contributed by atoms with Crippen LogP contribution in [0.15, 0.2) is 24.3 Å². The van der Waals surface area contributed by atoms with Crippen LogP contribution >= 0.6 is 0 Å². The third kappa shape index (κ3) is 3.74. The Kier molecular flexibility index (Phi) is 4.65. The second-order valence-electron chi connectivity index (χ2n) is 5.71. The van der Waals surface area contributed by atoms with Gasteiger partial charge in [0, 0.05) is 24.8 Å². The summed E-state index contributed by atoms with van der Waals surface area (Å²) in [6.07, 6.45) is 2.73. The molecule has 1 fully saturated rings. The van der Waals surface area contributed by atoms with Crippen LogP contribution in [0.25, 0.3) is 0 Å². The number of rotatable bonds is 7. The van der Waals surface area contributed by atoms with Crippen LogP contribution < -0.4 is 10.2 Å². The Labute approximate surface area is 111 Å². The van der Waals surface area contributed by atoms with E-state index in [-0.39, 0.29) is 0 Å². The van der Waals surface area contributed by atoms with Crippen molar-refractivity contribution >= 4 is 5.69 Å². The molecule has 2 nitrogen and oxygen atoms in total. The lowest BCUT2D eigenvalue weighted by Crippen LogP contribution is -2.25. The molecule has 0 bridgehead atoms. The van der Waals surface area contributed by atoms with E-state index in [2.05, 4.69) is 55.3 Å². The Morgan fingerprint density at radius 3 is 2.39 bits per heavy atom. The normalized spacial score (nSPS) is 15.1. The quantitative estimate of drug-likeness (QED) is 0.793. The molecule has 1 aromatic rings. The van der Waals surface area contributed by atoms with Crippen molar-refractivity contribution in [2.75, 3.05) is 18.0 Å². The van der Waals surface area contributed by atoms with Crippen molar-refractivity contribution in [1.82, 2.24) is 5.32 Å². The molecule has 0 aliphatic heterocycles. The van der Waals surface area contributed by atoms with E-state index in [1.807, 2.05) is 0 Å². The SMILES string of the molecule is CCN(c1ccc(CNCC(C)C)cc1)C1CC1. The molecule has 18 heavy (non-hydrogen) atoms. The largest absolute Gasteiger partial charge is 0.369 e. The van der Waals surface area contributed by atoms with Crippen LogP contribution in [0.1, 0.15) is 39.2 Å². The number of benzene rings is 1. The molecule has 100 valence electrons. The van der Waals surface area contributed by atoms with Crippen molar-refractivity contribution in [1.29, 1.82) is 0 Å². The first-order valence-electron chi connectivity index (χ1n) is 7.27.